The lowest BCUT2D eigenvalue weighted by Crippen LogP contribution is -2.43. The molecule has 1 aliphatic rings. The van der Waals surface area contributed by atoms with E-state index < -0.39 is 0 Å². The molecule has 2 unspecified atom stereocenters. The Hall–Kier alpha value is -2.66. The van der Waals surface area contributed by atoms with Gasteiger partial charge in [0.25, 0.3) is 5.91 Å². The van der Waals surface area contributed by atoms with Crippen molar-refractivity contribution in [3.05, 3.63) is 65.7 Å². The highest BCUT2D eigenvalue weighted by Crippen LogP contribution is 2.21. The smallest absolute Gasteiger partial charge is 0.253 e. The van der Waals surface area contributed by atoms with Crippen LogP contribution in [0.5, 0.6) is 0 Å². The van der Waals surface area contributed by atoms with Gasteiger partial charge in [-0.1, -0.05) is 56.3 Å². The van der Waals surface area contributed by atoms with Crippen LogP contribution in [0, 0.1) is 11.8 Å². The van der Waals surface area contributed by atoms with Gasteiger partial charge in [0.2, 0.25) is 5.91 Å². The van der Waals surface area contributed by atoms with Crippen molar-refractivity contribution in [2.75, 3.05) is 25.0 Å². The molecule has 2 N–H and O–H groups in total. The van der Waals surface area contributed by atoms with E-state index in [1.54, 1.807) is 18.2 Å². The highest BCUT2D eigenvalue weighted by Gasteiger charge is 2.23. The first kappa shape index (κ1) is 20.1. The molecule has 1 heterocycles. The van der Waals surface area contributed by atoms with E-state index in [0.717, 1.165) is 18.7 Å². The summed E-state index contributed by atoms with van der Waals surface area (Å²) in [6.45, 7) is 7.15. The van der Waals surface area contributed by atoms with E-state index in [4.69, 9.17) is 0 Å². The number of amides is 2. The van der Waals surface area contributed by atoms with Gasteiger partial charge in [-0.3, -0.25) is 14.5 Å². The number of hydrogen-bond acceptors (Lipinski definition) is 3. The highest BCUT2D eigenvalue weighted by molar-refractivity contribution is 6.04. The average molecular weight is 380 g/mol. The summed E-state index contributed by atoms with van der Waals surface area (Å²) < 4.78 is 0. The van der Waals surface area contributed by atoms with Crippen LogP contribution in [0.2, 0.25) is 0 Å². The van der Waals surface area contributed by atoms with Crippen molar-refractivity contribution in [3.63, 3.8) is 0 Å². The zero-order chi connectivity index (χ0) is 19.9. The number of nitrogens with zero attached hydrogens (tertiary/aromatic N) is 1. The minimum atomic E-state index is -0.194. The lowest BCUT2D eigenvalue weighted by molar-refractivity contribution is -0.117. The van der Waals surface area contributed by atoms with E-state index in [1.807, 2.05) is 36.4 Å². The Morgan fingerprint density at radius 1 is 0.964 bits per heavy atom. The fourth-order valence-corrected chi connectivity index (χ4v) is 3.98. The molecule has 1 saturated heterocycles. The molecule has 5 heteroatoms. The molecule has 2 atom stereocenters. The van der Waals surface area contributed by atoms with Crippen molar-refractivity contribution >= 4 is 17.5 Å². The zero-order valence-corrected chi connectivity index (χ0v) is 16.7. The first-order chi connectivity index (χ1) is 13.5. The van der Waals surface area contributed by atoms with Gasteiger partial charge in [-0.15, -0.1) is 0 Å². The van der Waals surface area contributed by atoms with Gasteiger partial charge < -0.3 is 10.6 Å². The van der Waals surface area contributed by atoms with Crippen LogP contribution in [-0.2, 0) is 11.3 Å². The van der Waals surface area contributed by atoms with Gasteiger partial charge in [0.05, 0.1) is 17.8 Å². The zero-order valence-electron chi connectivity index (χ0n) is 16.7. The maximum atomic E-state index is 12.6. The van der Waals surface area contributed by atoms with Crippen LogP contribution in [0.3, 0.4) is 0 Å². The summed E-state index contributed by atoms with van der Waals surface area (Å²) in [4.78, 5) is 27.4. The Bertz CT molecular complexity index is 797. The molecule has 0 spiro atoms. The summed E-state index contributed by atoms with van der Waals surface area (Å²) in [5.74, 6) is 0.935. The molecule has 0 saturated carbocycles. The molecule has 0 aromatic heterocycles. The van der Waals surface area contributed by atoms with Gasteiger partial charge in [0, 0.05) is 19.6 Å². The number of likely N-dealkylation sites (tertiary alicyclic amines) is 1. The van der Waals surface area contributed by atoms with Crippen molar-refractivity contribution in [2.24, 2.45) is 11.8 Å². The van der Waals surface area contributed by atoms with Crippen LogP contribution in [-0.4, -0.2) is 36.3 Å². The second-order valence-electron chi connectivity index (χ2n) is 7.90. The quantitative estimate of drug-likeness (QED) is 0.807. The third-order valence-corrected chi connectivity index (χ3v) is 5.05. The van der Waals surface area contributed by atoms with Crippen LogP contribution in [0.25, 0.3) is 0 Å². The average Bonchev–Trinajstić information content (AvgIpc) is 2.66. The first-order valence-electron chi connectivity index (χ1n) is 9.94. The summed E-state index contributed by atoms with van der Waals surface area (Å²) in [6.07, 6.45) is 1.21. The van der Waals surface area contributed by atoms with Crippen molar-refractivity contribution < 1.29 is 9.59 Å². The first-order valence-corrected chi connectivity index (χ1v) is 9.94. The molecule has 1 fully saturated rings. The van der Waals surface area contributed by atoms with Crippen LogP contribution in [0.1, 0.15) is 36.2 Å². The minimum absolute atomic E-state index is 0.0791. The molecular formula is C23H29N3O2. The Balaban J connectivity index is 1.60. The SMILES string of the molecule is CC1CC(C)CN(CC(=O)Nc2ccccc2C(=O)NCc2ccccc2)C1. The van der Waals surface area contributed by atoms with Gasteiger partial charge >= 0.3 is 0 Å². The van der Waals surface area contributed by atoms with Crippen molar-refractivity contribution in [3.8, 4) is 0 Å². The second-order valence-corrected chi connectivity index (χ2v) is 7.90. The number of hydrogen-bond donors (Lipinski definition) is 2. The van der Waals surface area contributed by atoms with E-state index in [1.165, 1.54) is 6.42 Å². The fraction of sp³-hybridized carbons (Fsp3) is 0.391. The molecule has 2 amide bonds. The molecule has 5 nitrogen and oxygen atoms in total. The fourth-order valence-electron chi connectivity index (χ4n) is 3.98. The predicted molar refractivity (Wildman–Crippen MR) is 112 cm³/mol. The molecule has 0 aliphatic carbocycles. The maximum Gasteiger partial charge on any atom is 0.253 e. The van der Waals surface area contributed by atoms with Gasteiger partial charge in [0.15, 0.2) is 0 Å². The van der Waals surface area contributed by atoms with E-state index in [2.05, 4.69) is 29.4 Å². The topological polar surface area (TPSA) is 61.4 Å². The number of rotatable bonds is 6. The number of carbonyl (C=O) groups excluding carboxylic acids is 2. The third kappa shape index (κ3) is 5.67. The number of carbonyl (C=O) groups is 2. The largest absolute Gasteiger partial charge is 0.348 e. The van der Waals surface area contributed by atoms with Crippen LogP contribution < -0.4 is 10.6 Å². The molecular weight excluding hydrogens is 350 g/mol. The Kier molecular flexibility index (Phi) is 6.82. The summed E-state index contributed by atoms with van der Waals surface area (Å²) in [6, 6.07) is 16.9. The van der Waals surface area contributed by atoms with Crippen molar-refractivity contribution in [1.82, 2.24) is 10.2 Å². The number of benzene rings is 2. The summed E-state index contributed by atoms with van der Waals surface area (Å²) >= 11 is 0. The van der Waals surface area contributed by atoms with Crippen molar-refractivity contribution in [1.29, 1.82) is 0 Å². The van der Waals surface area contributed by atoms with Crippen molar-refractivity contribution in [2.45, 2.75) is 26.8 Å². The molecule has 0 radical (unpaired) electrons. The van der Waals surface area contributed by atoms with Gasteiger partial charge in [0.1, 0.15) is 0 Å². The predicted octanol–water partition coefficient (Wildman–Crippen LogP) is 3.53. The highest BCUT2D eigenvalue weighted by atomic mass is 16.2. The van der Waals surface area contributed by atoms with E-state index in [9.17, 15) is 9.59 Å². The van der Waals surface area contributed by atoms with Gasteiger partial charge in [-0.25, -0.2) is 0 Å². The summed E-state index contributed by atoms with van der Waals surface area (Å²) in [5, 5.41) is 5.85. The standard InChI is InChI=1S/C23H29N3O2/c1-17-12-18(2)15-26(14-17)16-22(27)25-21-11-7-6-10-20(21)23(28)24-13-19-8-4-3-5-9-19/h3-11,17-18H,12-16H2,1-2H3,(H,24,28)(H,25,27). The van der Waals surface area contributed by atoms with Crippen LogP contribution in [0.4, 0.5) is 5.69 Å². The molecule has 28 heavy (non-hydrogen) atoms. The molecule has 148 valence electrons. The number of anilines is 1. The number of para-hydroxylation sites is 1. The molecule has 2 aromatic rings. The Labute approximate surface area is 167 Å². The minimum Gasteiger partial charge on any atom is -0.348 e. The lowest BCUT2D eigenvalue weighted by atomic mass is 9.92. The number of nitrogens with one attached hydrogen (secondary N) is 2. The third-order valence-electron chi connectivity index (χ3n) is 5.05. The molecule has 3 rings (SSSR count). The van der Waals surface area contributed by atoms with E-state index in [0.29, 0.717) is 36.2 Å². The summed E-state index contributed by atoms with van der Waals surface area (Å²) in [5.41, 5.74) is 2.06. The molecule has 2 aromatic carbocycles. The number of piperidine rings is 1. The molecule has 0 bridgehead atoms. The van der Waals surface area contributed by atoms with E-state index >= 15 is 0 Å². The maximum absolute atomic E-state index is 12.6. The summed E-state index contributed by atoms with van der Waals surface area (Å²) in [7, 11) is 0. The molecule has 1 aliphatic heterocycles. The monoisotopic (exact) mass is 379 g/mol. The second kappa shape index (κ2) is 9.51. The van der Waals surface area contributed by atoms with Crippen LogP contribution >= 0.6 is 0 Å². The Morgan fingerprint density at radius 2 is 1.61 bits per heavy atom. The van der Waals surface area contributed by atoms with Gasteiger partial charge in [-0.05, 0) is 36.0 Å². The Morgan fingerprint density at radius 3 is 2.32 bits per heavy atom. The normalized spacial score (nSPS) is 19.8. The van der Waals surface area contributed by atoms with Crippen LogP contribution in [0.15, 0.2) is 54.6 Å². The lowest BCUT2D eigenvalue weighted by Gasteiger charge is -2.34. The van der Waals surface area contributed by atoms with E-state index in [-0.39, 0.29) is 11.8 Å². The van der Waals surface area contributed by atoms with Gasteiger partial charge in [-0.2, -0.15) is 0 Å².